The van der Waals surface area contributed by atoms with E-state index >= 15 is 0 Å². The summed E-state index contributed by atoms with van der Waals surface area (Å²) in [6.45, 7) is 2.06. The first-order chi connectivity index (χ1) is 7.68. The van der Waals surface area contributed by atoms with E-state index in [1.54, 1.807) is 0 Å². The predicted molar refractivity (Wildman–Crippen MR) is 73.3 cm³/mol. The molecule has 96 valence electrons. The Bertz CT molecular complexity index is 333. The van der Waals surface area contributed by atoms with Crippen LogP contribution >= 0.6 is 12.4 Å². The van der Waals surface area contributed by atoms with Gasteiger partial charge in [0.25, 0.3) is 0 Å². The summed E-state index contributed by atoms with van der Waals surface area (Å²) in [5.41, 5.74) is 8.39. The summed E-state index contributed by atoms with van der Waals surface area (Å²) >= 11 is 0. The molecular formula is C14H22ClNO. The average molecular weight is 256 g/mol. The van der Waals surface area contributed by atoms with E-state index in [-0.39, 0.29) is 24.6 Å². The van der Waals surface area contributed by atoms with Crippen molar-refractivity contribution in [3.8, 4) is 0 Å². The summed E-state index contributed by atoms with van der Waals surface area (Å²) in [7, 11) is 0. The van der Waals surface area contributed by atoms with Gasteiger partial charge in [-0.2, -0.15) is 0 Å². The number of nitrogens with two attached hydrogens (primary N) is 1. The van der Waals surface area contributed by atoms with Gasteiger partial charge < -0.3 is 10.8 Å². The summed E-state index contributed by atoms with van der Waals surface area (Å²) in [5.74, 6) is 0.399. The molecule has 2 atom stereocenters. The molecule has 2 rings (SSSR count). The minimum atomic E-state index is -0.384. The molecule has 3 heteroatoms. The number of rotatable bonds is 3. The number of hydrogen-bond donors (Lipinski definition) is 2. The zero-order chi connectivity index (χ0) is 11.5. The summed E-state index contributed by atoms with van der Waals surface area (Å²) in [6, 6.07) is 7.92. The zero-order valence-corrected chi connectivity index (χ0v) is 11.1. The third-order valence-electron chi connectivity index (χ3n) is 3.71. The molecule has 0 aliphatic heterocycles. The second-order valence-electron chi connectivity index (χ2n) is 4.97. The van der Waals surface area contributed by atoms with Crippen molar-refractivity contribution in [2.45, 2.75) is 44.8 Å². The molecule has 1 aromatic carbocycles. The van der Waals surface area contributed by atoms with Crippen LogP contribution in [0.2, 0.25) is 0 Å². The Morgan fingerprint density at radius 2 is 1.71 bits per heavy atom. The van der Waals surface area contributed by atoms with E-state index in [0.717, 1.165) is 18.4 Å². The van der Waals surface area contributed by atoms with E-state index in [2.05, 4.69) is 19.1 Å². The molecule has 0 aromatic heterocycles. The Hall–Kier alpha value is -0.570. The maximum absolute atomic E-state index is 10.2. The first-order valence-electron chi connectivity index (χ1n) is 6.18. The van der Waals surface area contributed by atoms with Gasteiger partial charge in [-0.3, -0.25) is 0 Å². The number of hydrogen-bond acceptors (Lipinski definition) is 2. The molecule has 1 aliphatic carbocycles. The first kappa shape index (κ1) is 14.5. The molecule has 0 unspecified atom stereocenters. The fraction of sp³-hybridized carbons (Fsp3) is 0.571. The third kappa shape index (κ3) is 3.44. The van der Waals surface area contributed by atoms with E-state index in [1.165, 1.54) is 18.4 Å². The Morgan fingerprint density at radius 1 is 1.18 bits per heavy atom. The smallest absolute Gasteiger partial charge is 0.0760 e. The number of aliphatic hydroxyl groups is 1. The maximum atomic E-state index is 10.2. The quantitative estimate of drug-likeness (QED) is 0.872. The fourth-order valence-corrected chi connectivity index (χ4v) is 2.58. The van der Waals surface area contributed by atoms with Crippen LogP contribution in [0.5, 0.6) is 0 Å². The Morgan fingerprint density at radius 3 is 2.24 bits per heavy atom. The molecule has 17 heavy (non-hydrogen) atoms. The topological polar surface area (TPSA) is 46.2 Å². The molecule has 1 aromatic rings. The van der Waals surface area contributed by atoms with Crippen molar-refractivity contribution in [2.75, 3.05) is 0 Å². The van der Waals surface area contributed by atoms with Gasteiger partial charge in [-0.05, 0) is 31.2 Å². The lowest BCUT2D eigenvalue weighted by Crippen LogP contribution is -2.31. The van der Waals surface area contributed by atoms with E-state index in [1.807, 2.05) is 12.1 Å². The van der Waals surface area contributed by atoms with E-state index < -0.39 is 0 Å². The zero-order valence-electron chi connectivity index (χ0n) is 10.3. The maximum Gasteiger partial charge on any atom is 0.0760 e. The largest absolute Gasteiger partial charge is 0.391 e. The molecule has 0 radical (unpaired) electrons. The van der Waals surface area contributed by atoms with E-state index in [0.29, 0.717) is 5.92 Å². The van der Waals surface area contributed by atoms with Crippen LogP contribution in [0.4, 0.5) is 0 Å². The molecule has 0 bridgehead atoms. The number of benzene rings is 1. The highest BCUT2D eigenvalue weighted by atomic mass is 35.5. The lowest BCUT2D eigenvalue weighted by molar-refractivity contribution is 0.0845. The SMILES string of the molecule is Cc1ccc([C@@H](N)[C@@H](O)C2CCCC2)cc1.Cl. The molecule has 3 N–H and O–H groups in total. The Kier molecular flexibility index (Phi) is 5.44. The number of aryl methyl sites for hydroxylation is 1. The number of aliphatic hydroxyl groups excluding tert-OH is 1. The van der Waals surface area contributed by atoms with Crippen molar-refractivity contribution in [1.29, 1.82) is 0 Å². The van der Waals surface area contributed by atoms with Crippen LogP contribution in [0, 0.1) is 12.8 Å². The van der Waals surface area contributed by atoms with Crippen molar-refractivity contribution in [1.82, 2.24) is 0 Å². The molecule has 1 aliphatic rings. The molecule has 1 fully saturated rings. The fourth-order valence-electron chi connectivity index (χ4n) is 2.58. The van der Waals surface area contributed by atoms with Crippen molar-refractivity contribution in [3.63, 3.8) is 0 Å². The first-order valence-corrected chi connectivity index (χ1v) is 6.18. The van der Waals surface area contributed by atoms with Gasteiger partial charge in [-0.1, -0.05) is 42.7 Å². The highest BCUT2D eigenvalue weighted by Crippen LogP contribution is 2.32. The van der Waals surface area contributed by atoms with Gasteiger partial charge in [-0.15, -0.1) is 12.4 Å². The van der Waals surface area contributed by atoms with Crippen molar-refractivity contribution in [3.05, 3.63) is 35.4 Å². The monoisotopic (exact) mass is 255 g/mol. The van der Waals surface area contributed by atoms with Gasteiger partial charge in [0.1, 0.15) is 0 Å². The number of halogens is 1. The standard InChI is InChI=1S/C14H21NO.ClH/c1-10-6-8-11(9-7-10)13(15)14(16)12-4-2-3-5-12;/h6-9,12-14,16H,2-5,15H2,1H3;1H/t13-,14+;/m1./s1. The summed E-state index contributed by atoms with van der Waals surface area (Å²) in [4.78, 5) is 0. The van der Waals surface area contributed by atoms with Crippen molar-refractivity contribution >= 4 is 12.4 Å². The molecule has 0 heterocycles. The van der Waals surface area contributed by atoms with Gasteiger partial charge in [0.2, 0.25) is 0 Å². The summed E-state index contributed by atoms with van der Waals surface area (Å²) in [5, 5.41) is 10.2. The highest BCUT2D eigenvalue weighted by Gasteiger charge is 2.28. The minimum absolute atomic E-state index is 0. The highest BCUT2D eigenvalue weighted by molar-refractivity contribution is 5.85. The average Bonchev–Trinajstić information content (AvgIpc) is 2.81. The van der Waals surface area contributed by atoms with Crippen molar-refractivity contribution < 1.29 is 5.11 Å². The second-order valence-corrected chi connectivity index (χ2v) is 4.97. The van der Waals surface area contributed by atoms with Gasteiger partial charge in [0.15, 0.2) is 0 Å². The van der Waals surface area contributed by atoms with Crippen LogP contribution in [0.25, 0.3) is 0 Å². The van der Waals surface area contributed by atoms with Crippen LogP contribution in [-0.2, 0) is 0 Å². The molecule has 1 saturated carbocycles. The van der Waals surface area contributed by atoms with Gasteiger partial charge in [-0.25, -0.2) is 0 Å². The summed E-state index contributed by atoms with van der Waals surface area (Å²) < 4.78 is 0. The Labute approximate surface area is 110 Å². The van der Waals surface area contributed by atoms with E-state index in [4.69, 9.17) is 5.73 Å². The normalized spacial score (nSPS) is 19.7. The van der Waals surface area contributed by atoms with Gasteiger partial charge in [0.05, 0.1) is 12.1 Å². The van der Waals surface area contributed by atoms with Crippen LogP contribution in [-0.4, -0.2) is 11.2 Å². The lowest BCUT2D eigenvalue weighted by atomic mass is 9.91. The minimum Gasteiger partial charge on any atom is -0.391 e. The predicted octanol–water partition coefficient (Wildman–Crippen LogP) is 2.97. The van der Waals surface area contributed by atoms with Gasteiger partial charge >= 0.3 is 0 Å². The molecule has 0 amide bonds. The molecule has 0 saturated heterocycles. The van der Waals surface area contributed by atoms with Crippen LogP contribution in [0.3, 0.4) is 0 Å². The third-order valence-corrected chi connectivity index (χ3v) is 3.71. The van der Waals surface area contributed by atoms with E-state index in [9.17, 15) is 5.11 Å². The second kappa shape index (κ2) is 6.39. The lowest BCUT2D eigenvalue weighted by Gasteiger charge is -2.24. The van der Waals surface area contributed by atoms with Crippen LogP contribution in [0.1, 0.15) is 42.9 Å². The Balaban J connectivity index is 0.00000144. The van der Waals surface area contributed by atoms with Crippen LogP contribution < -0.4 is 5.73 Å². The molecule has 0 spiro atoms. The van der Waals surface area contributed by atoms with Crippen LogP contribution in [0.15, 0.2) is 24.3 Å². The molecule has 2 nitrogen and oxygen atoms in total. The van der Waals surface area contributed by atoms with Crippen molar-refractivity contribution in [2.24, 2.45) is 11.7 Å². The summed E-state index contributed by atoms with van der Waals surface area (Å²) in [6.07, 6.45) is 4.34. The molecular weight excluding hydrogens is 234 g/mol. The van der Waals surface area contributed by atoms with Gasteiger partial charge in [0, 0.05) is 0 Å².